The summed E-state index contributed by atoms with van der Waals surface area (Å²) in [6.07, 6.45) is 12.4. The van der Waals surface area contributed by atoms with Crippen LogP contribution in [0.5, 0.6) is 0 Å². The SMILES string of the molecule is C=C1/C=C\C(N(c2ccccc2)c2cccc3sc4ccc(-c5ccc(-c6ccc7c8ccccc8n(-c8ccccc8)c7c6)cc5-c5ccccc5)cc4c23)=C/OC2=C1CCC=C2.CC. The summed E-state index contributed by atoms with van der Waals surface area (Å²) in [7, 11) is 0. The van der Waals surface area contributed by atoms with E-state index in [1.54, 1.807) is 0 Å². The normalized spacial score (nSPS) is 14.8. The minimum Gasteiger partial charge on any atom is -0.463 e. The van der Waals surface area contributed by atoms with Gasteiger partial charge in [0.25, 0.3) is 0 Å². The number of allylic oxidation sites excluding steroid dienone is 6. The van der Waals surface area contributed by atoms with Gasteiger partial charge in [-0.2, -0.15) is 0 Å². The Morgan fingerprint density at radius 1 is 0.545 bits per heavy atom. The highest BCUT2D eigenvalue weighted by Gasteiger charge is 2.23. The number of anilines is 2. The van der Waals surface area contributed by atoms with Crippen LogP contribution in [0.3, 0.4) is 0 Å². The van der Waals surface area contributed by atoms with Crippen molar-refractivity contribution in [2.75, 3.05) is 4.90 Å². The van der Waals surface area contributed by atoms with Crippen molar-refractivity contribution >= 4 is 64.7 Å². The standard InChI is InChI=1S/C60H42N2OS.C2H6/c1-40-28-32-47(39-63-57-26-14-12-22-48(40)57)61(45-18-7-3-8-19-45)55-25-15-27-59-60(55)53-37-44(31-35-58(53)64-59)49-33-29-42(36-52(49)41-16-5-2-6-17-41)43-30-34-51-50-23-11-13-24-54(50)62(56(51)38-43)46-20-9-4-10-21-46;1-2/h2-11,13-21,23-39H,1,12,22H2;1-2H3/b32-28-,47-39+;. The van der Waals surface area contributed by atoms with Gasteiger partial charge in [0.1, 0.15) is 12.0 Å². The quantitative estimate of drug-likeness (QED) is 0.159. The van der Waals surface area contributed by atoms with E-state index in [4.69, 9.17) is 4.74 Å². The van der Waals surface area contributed by atoms with Gasteiger partial charge in [-0.05, 0) is 131 Å². The fraction of sp³-hybridized carbons (Fsp3) is 0.0645. The lowest BCUT2D eigenvalue weighted by Crippen LogP contribution is -2.16. The topological polar surface area (TPSA) is 17.4 Å². The molecule has 1 aliphatic heterocycles. The lowest BCUT2D eigenvalue weighted by molar-refractivity contribution is 0.356. The van der Waals surface area contributed by atoms with Crippen molar-refractivity contribution in [2.45, 2.75) is 26.7 Å². The lowest BCUT2D eigenvalue weighted by atomic mass is 9.90. The van der Waals surface area contributed by atoms with Crippen LogP contribution in [-0.2, 0) is 4.74 Å². The van der Waals surface area contributed by atoms with Crippen molar-refractivity contribution in [3.63, 3.8) is 0 Å². The third-order valence-electron chi connectivity index (χ3n) is 12.7. The zero-order valence-corrected chi connectivity index (χ0v) is 37.9. The molecule has 66 heavy (non-hydrogen) atoms. The summed E-state index contributed by atoms with van der Waals surface area (Å²) in [5.41, 5.74) is 15.9. The molecule has 3 heterocycles. The smallest absolute Gasteiger partial charge is 0.130 e. The zero-order chi connectivity index (χ0) is 44.6. The van der Waals surface area contributed by atoms with Crippen LogP contribution in [0, 0.1) is 0 Å². The lowest BCUT2D eigenvalue weighted by Gasteiger charge is -2.28. The number of thiophene rings is 1. The van der Waals surface area contributed by atoms with Crippen LogP contribution in [0.25, 0.3) is 81.0 Å². The Balaban J connectivity index is 0.00000238. The van der Waals surface area contributed by atoms with Crippen LogP contribution in [0.1, 0.15) is 26.7 Å². The van der Waals surface area contributed by atoms with Gasteiger partial charge in [0.15, 0.2) is 0 Å². The van der Waals surface area contributed by atoms with E-state index >= 15 is 0 Å². The maximum absolute atomic E-state index is 6.49. The number of ether oxygens (including phenoxy) is 1. The summed E-state index contributed by atoms with van der Waals surface area (Å²) in [5, 5.41) is 4.93. The highest BCUT2D eigenvalue weighted by Crippen LogP contribution is 2.46. The number of fused-ring (bicyclic) bond motifs is 6. The second-order valence-corrected chi connectivity index (χ2v) is 17.6. The van der Waals surface area contributed by atoms with E-state index in [0.717, 1.165) is 52.5 Å². The molecular weight excluding hydrogens is 821 g/mol. The highest BCUT2D eigenvalue weighted by atomic mass is 32.1. The van der Waals surface area contributed by atoms with Gasteiger partial charge in [-0.25, -0.2) is 0 Å². The molecule has 0 fully saturated rings. The molecule has 0 saturated heterocycles. The van der Waals surface area contributed by atoms with Crippen LogP contribution in [0.2, 0.25) is 0 Å². The first-order valence-electron chi connectivity index (χ1n) is 22.9. The first kappa shape index (κ1) is 40.8. The molecule has 0 unspecified atom stereocenters. The van der Waals surface area contributed by atoms with E-state index < -0.39 is 0 Å². The fourth-order valence-electron chi connectivity index (χ4n) is 9.65. The van der Waals surface area contributed by atoms with Crippen LogP contribution in [0.4, 0.5) is 11.4 Å². The molecule has 0 saturated carbocycles. The summed E-state index contributed by atoms with van der Waals surface area (Å²) >= 11 is 1.84. The molecule has 318 valence electrons. The first-order chi connectivity index (χ1) is 32.7. The second kappa shape index (κ2) is 17.6. The first-order valence-corrected chi connectivity index (χ1v) is 23.7. The monoisotopic (exact) mass is 868 g/mol. The van der Waals surface area contributed by atoms with Crippen LogP contribution in [-0.4, -0.2) is 4.57 Å². The molecule has 12 rings (SSSR count). The van der Waals surface area contributed by atoms with Crippen molar-refractivity contribution in [2.24, 2.45) is 0 Å². The van der Waals surface area contributed by atoms with Crippen molar-refractivity contribution in [1.29, 1.82) is 0 Å². The third kappa shape index (κ3) is 7.26. The van der Waals surface area contributed by atoms with Gasteiger partial charge in [-0.15, -0.1) is 11.3 Å². The molecule has 0 radical (unpaired) electrons. The Morgan fingerprint density at radius 2 is 1.26 bits per heavy atom. The Bertz CT molecular complexity index is 3590. The van der Waals surface area contributed by atoms with Crippen molar-refractivity contribution in [1.82, 2.24) is 4.57 Å². The molecular formula is C62H48N2OS. The van der Waals surface area contributed by atoms with E-state index in [-0.39, 0.29) is 0 Å². The Kier molecular flexibility index (Phi) is 10.9. The molecule has 10 aromatic rings. The summed E-state index contributed by atoms with van der Waals surface area (Å²) in [5.74, 6) is 0.867. The minimum atomic E-state index is 0.867. The van der Waals surface area contributed by atoms with Crippen molar-refractivity contribution in [3.05, 3.63) is 248 Å². The number of rotatable bonds is 7. The van der Waals surface area contributed by atoms with E-state index in [1.807, 2.05) is 31.4 Å². The van der Waals surface area contributed by atoms with Gasteiger partial charge in [-0.1, -0.05) is 154 Å². The van der Waals surface area contributed by atoms with Gasteiger partial charge in [-0.3, -0.25) is 0 Å². The molecule has 2 aliphatic rings. The summed E-state index contributed by atoms with van der Waals surface area (Å²) in [6.45, 7) is 8.44. The van der Waals surface area contributed by atoms with Crippen molar-refractivity contribution < 1.29 is 4.74 Å². The number of hydrogen-bond acceptors (Lipinski definition) is 3. The predicted molar refractivity (Wildman–Crippen MR) is 283 cm³/mol. The highest BCUT2D eigenvalue weighted by molar-refractivity contribution is 7.26. The van der Waals surface area contributed by atoms with Gasteiger partial charge in [0.2, 0.25) is 0 Å². The summed E-state index contributed by atoms with van der Waals surface area (Å²) < 4.78 is 11.4. The summed E-state index contributed by atoms with van der Waals surface area (Å²) in [6, 6.07) is 68.4. The van der Waals surface area contributed by atoms with E-state index in [9.17, 15) is 0 Å². The molecule has 1 aliphatic carbocycles. The Morgan fingerprint density at radius 3 is 2.09 bits per heavy atom. The molecule has 0 atom stereocenters. The molecule has 0 bridgehead atoms. The van der Waals surface area contributed by atoms with E-state index in [1.165, 1.54) is 75.4 Å². The van der Waals surface area contributed by atoms with Crippen LogP contribution >= 0.6 is 11.3 Å². The zero-order valence-electron chi connectivity index (χ0n) is 37.1. The number of para-hydroxylation sites is 3. The molecule has 4 heteroatoms. The van der Waals surface area contributed by atoms with Gasteiger partial charge < -0.3 is 14.2 Å². The molecule has 2 aromatic heterocycles. The average Bonchev–Trinajstić information content (AvgIpc) is 3.93. The number of aromatic nitrogens is 1. The molecule has 0 spiro atoms. The van der Waals surface area contributed by atoms with Crippen molar-refractivity contribution in [3.8, 4) is 39.1 Å². The number of nitrogens with zero attached hydrogens (tertiary/aromatic N) is 2. The molecule has 8 aromatic carbocycles. The fourth-order valence-corrected chi connectivity index (χ4v) is 10.8. The molecule has 3 nitrogen and oxygen atoms in total. The summed E-state index contributed by atoms with van der Waals surface area (Å²) in [4.78, 5) is 2.32. The van der Waals surface area contributed by atoms with Gasteiger partial charge in [0, 0.05) is 47.9 Å². The number of hydrogen-bond donors (Lipinski definition) is 0. The molecule has 0 amide bonds. The maximum atomic E-state index is 6.49. The number of benzene rings is 8. The minimum absolute atomic E-state index is 0.867. The van der Waals surface area contributed by atoms with E-state index in [0.29, 0.717) is 0 Å². The third-order valence-corrected chi connectivity index (χ3v) is 13.8. The Hall–Kier alpha value is -7.92. The Labute approximate surface area is 390 Å². The van der Waals surface area contributed by atoms with Gasteiger partial charge in [0.05, 0.1) is 22.4 Å². The average molecular weight is 869 g/mol. The predicted octanol–water partition coefficient (Wildman–Crippen LogP) is 17.9. The largest absolute Gasteiger partial charge is 0.463 e. The van der Waals surface area contributed by atoms with Crippen LogP contribution in [0.15, 0.2) is 248 Å². The maximum Gasteiger partial charge on any atom is 0.130 e. The van der Waals surface area contributed by atoms with Crippen LogP contribution < -0.4 is 4.90 Å². The second-order valence-electron chi connectivity index (χ2n) is 16.5. The van der Waals surface area contributed by atoms with E-state index in [2.05, 4.69) is 228 Å². The molecule has 0 N–H and O–H groups in total. The van der Waals surface area contributed by atoms with Gasteiger partial charge >= 0.3 is 0 Å².